The van der Waals surface area contributed by atoms with Crippen LogP contribution in [0.1, 0.15) is 59.5 Å². The van der Waals surface area contributed by atoms with Crippen LogP contribution in [0.25, 0.3) is 0 Å². The molecule has 2 amide bonds. The molecule has 1 saturated heterocycles. The van der Waals surface area contributed by atoms with Gasteiger partial charge in [-0.25, -0.2) is 9.59 Å². The summed E-state index contributed by atoms with van der Waals surface area (Å²) in [5.74, 6) is -2.69. The number of fused-ring (bicyclic) bond motifs is 1. The van der Waals surface area contributed by atoms with E-state index in [2.05, 4.69) is 5.32 Å². The molecule has 13 nitrogen and oxygen atoms in total. The quantitative estimate of drug-likeness (QED) is 0.104. The molecule has 0 radical (unpaired) electrons. The minimum absolute atomic E-state index is 0. The normalized spacial score (nSPS) is 23.5. The Kier molecular flexibility index (Phi) is 11.5. The third-order valence-electron chi connectivity index (χ3n) is 7.42. The number of rotatable bonds is 8. The van der Waals surface area contributed by atoms with Gasteiger partial charge < -0.3 is 44.9 Å². The van der Waals surface area contributed by atoms with E-state index >= 15 is 0 Å². The Morgan fingerprint density at radius 3 is 2.49 bits per heavy atom. The third-order valence-corrected chi connectivity index (χ3v) is 7.42. The molecule has 2 heterocycles. The molecule has 0 aliphatic carbocycles. The van der Waals surface area contributed by atoms with Gasteiger partial charge in [-0.2, -0.15) is 0 Å². The summed E-state index contributed by atoms with van der Waals surface area (Å²) in [4.78, 5) is 50.8. The van der Waals surface area contributed by atoms with Crippen LogP contribution in [0, 0.1) is 6.92 Å². The van der Waals surface area contributed by atoms with Crippen LogP contribution in [0.3, 0.4) is 0 Å². The summed E-state index contributed by atoms with van der Waals surface area (Å²) in [6.45, 7) is 8.60. The van der Waals surface area contributed by atoms with Gasteiger partial charge in [0.25, 0.3) is 5.91 Å². The molecule has 2 aromatic carbocycles. The maximum absolute atomic E-state index is 13.3. The average molecular weight is 635 g/mol. The Balaban J connectivity index is 0.00000552. The fraction of sp³-hybridized carbons (Fsp3) is 0.419. The summed E-state index contributed by atoms with van der Waals surface area (Å²) in [5, 5.41) is 25.5. The van der Waals surface area contributed by atoms with E-state index in [1.54, 1.807) is 13.8 Å². The van der Waals surface area contributed by atoms with Crippen LogP contribution in [-0.4, -0.2) is 72.2 Å². The van der Waals surface area contributed by atoms with Gasteiger partial charge in [0.05, 0.1) is 11.2 Å². The maximum Gasteiger partial charge on any atom is 1.00 e. The van der Waals surface area contributed by atoms with Crippen molar-refractivity contribution in [2.24, 2.45) is 5.73 Å². The number of allylic oxidation sites excluding steroid dienone is 2. The van der Waals surface area contributed by atoms with Crippen LogP contribution in [0.4, 0.5) is 4.79 Å². The molecule has 45 heavy (non-hydrogen) atoms. The molecule has 5 atom stereocenters. The topological polar surface area (TPSA) is 196 Å². The minimum atomic E-state index is -1.63. The number of carbonyl (C=O) groups excluding carboxylic acids is 4. The Morgan fingerprint density at radius 2 is 1.87 bits per heavy atom. The summed E-state index contributed by atoms with van der Waals surface area (Å²) in [5.41, 5.74) is 5.85. The number of ether oxygens (including phenoxy) is 5. The second-order valence-electron chi connectivity index (χ2n) is 11.3. The molecule has 1 fully saturated rings. The van der Waals surface area contributed by atoms with E-state index in [4.69, 9.17) is 29.4 Å². The number of aliphatic hydroxyl groups is 1. The molecule has 2 aliphatic heterocycles. The molecule has 0 aromatic heterocycles. The van der Waals surface area contributed by atoms with Crippen LogP contribution in [0.5, 0.6) is 17.2 Å². The number of methoxy groups -OCH3 is 1. The number of nitrogens with one attached hydrogen (secondary N) is 1. The van der Waals surface area contributed by atoms with E-state index in [1.165, 1.54) is 44.4 Å². The van der Waals surface area contributed by atoms with Gasteiger partial charge in [-0.15, -0.1) is 5.75 Å². The largest absolute Gasteiger partial charge is 1.00 e. The fourth-order valence-electron chi connectivity index (χ4n) is 5.15. The van der Waals surface area contributed by atoms with Crippen LogP contribution < -0.4 is 55.2 Å². The number of benzene rings is 2. The van der Waals surface area contributed by atoms with Crippen molar-refractivity contribution >= 4 is 23.8 Å². The van der Waals surface area contributed by atoms with Gasteiger partial charge in [0, 0.05) is 18.2 Å². The molecule has 14 heteroatoms. The number of aliphatic hydroxyl groups excluding tert-OH is 1. The minimum Gasteiger partial charge on any atom is -0.872 e. The monoisotopic (exact) mass is 634 g/mol. The Hall–Kier alpha value is -3.46. The molecule has 2 aliphatic rings. The number of esters is 1. The van der Waals surface area contributed by atoms with Crippen LogP contribution in [0.2, 0.25) is 0 Å². The van der Waals surface area contributed by atoms with E-state index in [1.807, 2.05) is 19.9 Å². The number of primary amides is 1. The Bertz CT molecular complexity index is 1520. The SMILES string of the molecule is CO[C@@H]1[C@@H](OC(N)=O)[C@@H](O)[C@H](Oc2ccc3c(c2C)OC(=O)C(NC(=O)c2ccc([O-])c(CC=C(C)C)c2)C3=O)OC1(C)C.[Na+]. The van der Waals surface area contributed by atoms with Crippen molar-refractivity contribution in [3.8, 4) is 17.2 Å². The average Bonchev–Trinajstić information content (AvgIpc) is 2.94. The smallest absolute Gasteiger partial charge is 0.872 e. The molecule has 4 N–H and O–H groups in total. The summed E-state index contributed by atoms with van der Waals surface area (Å²) >= 11 is 0. The number of hydrogen-bond acceptors (Lipinski definition) is 11. The predicted octanol–water partition coefficient (Wildman–Crippen LogP) is -1.16. The van der Waals surface area contributed by atoms with Crippen LogP contribution >= 0.6 is 0 Å². The van der Waals surface area contributed by atoms with E-state index in [-0.39, 0.29) is 63.5 Å². The third kappa shape index (κ3) is 7.68. The second kappa shape index (κ2) is 14.3. The zero-order valence-corrected chi connectivity index (χ0v) is 28.2. The number of carbonyl (C=O) groups is 4. The molecule has 1 unspecified atom stereocenters. The summed E-state index contributed by atoms with van der Waals surface area (Å²) < 4.78 is 27.8. The zero-order chi connectivity index (χ0) is 32.5. The van der Waals surface area contributed by atoms with Gasteiger partial charge >= 0.3 is 41.6 Å². The maximum atomic E-state index is 13.3. The molecule has 0 bridgehead atoms. The number of nitrogens with two attached hydrogens (primary N) is 1. The van der Waals surface area contributed by atoms with Crippen molar-refractivity contribution in [1.82, 2.24) is 5.32 Å². The summed E-state index contributed by atoms with van der Waals surface area (Å²) in [7, 11) is 1.36. The Labute approximate surface area is 282 Å². The first-order valence-electron chi connectivity index (χ1n) is 13.8. The van der Waals surface area contributed by atoms with Crippen molar-refractivity contribution < 1.29 is 82.6 Å². The van der Waals surface area contributed by atoms with Crippen molar-refractivity contribution in [3.05, 3.63) is 64.2 Å². The predicted molar refractivity (Wildman–Crippen MR) is 152 cm³/mol. The molecule has 236 valence electrons. The zero-order valence-electron chi connectivity index (χ0n) is 26.2. The number of Topliss-reactive ketones (excluding diaryl/α,β-unsaturated/α-hetero) is 1. The van der Waals surface area contributed by atoms with E-state index in [0.29, 0.717) is 12.0 Å². The van der Waals surface area contributed by atoms with Crippen LogP contribution in [-0.2, 0) is 25.4 Å². The first-order chi connectivity index (χ1) is 20.6. The number of ketones is 1. The summed E-state index contributed by atoms with van der Waals surface area (Å²) in [6.07, 6.45) is -3.97. The number of hydrogen-bond donors (Lipinski definition) is 3. The van der Waals surface area contributed by atoms with Gasteiger partial charge in [-0.05, 0) is 59.2 Å². The molecular formula is C31H35N2NaO11. The van der Waals surface area contributed by atoms with Gasteiger partial charge in [-0.3, -0.25) is 9.59 Å². The standard InChI is InChI=1S/C31H36N2O11.Na/c1-14(2)7-8-16-13-17(9-11-19(16)34)27(37)33-21-22(35)18-10-12-20(15(3)24(18)42-28(21)38)41-29-23(36)25(43-30(32)39)26(40-6)31(4,5)44-29;/h7,9-13,21,23,25-26,29,34,36H,8H2,1-6H3,(H2,32,39)(H,33,37);/q;+1/p-1/t21?,23-,25+,26-,29-;/m1./s1. The van der Waals surface area contributed by atoms with Gasteiger partial charge in [0.2, 0.25) is 6.29 Å². The van der Waals surface area contributed by atoms with Crippen molar-refractivity contribution in [2.75, 3.05) is 7.11 Å². The molecule has 2 aromatic rings. The fourth-order valence-corrected chi connectivity index (χ4v) is 5.15. The molecular weight excluding hydrogens is 599 g/mol. The van der Waals surface area contributed by atoms with Gasteiger partial charge in [-0.1, -0.05) is 29.3 Å². The number of amides is 2. The van der Waals surface area contributed by atoms with Crippen molar-refractivity contribution in [3.63, 3.8) is 0 Å². The molecule has 0 spiro atoms. The summed E-state index contributed by atoms with van der Waals surface area (Å²) in [6, 6.07) is 5.15. The van der Waals surface area contributed by atoms with E-state index in [0.717, 1.165) is 5.57 Å². The van der Waals surface area contributed by atoms with Crippen LogP contribution in [0.15, 0.2) is 42.0 Å². The van der Waals surface area contributed by atoms with E-state index in [9.17, 15) is 29.4 Å². The Morgan fingerprint density at radius 1 is 1.18 bits per heavy atom. The second-order valence-corrected chi connectivity index (χ2v) is 11.3. The molecule has 0 saturated carbocycles. The van der Waals surface area contributed by atoms with Gasteiger partial charge in [0.1, 0.15) is 17.6 Å². The van der Waals surface area contributed by atoms with Gasteiger partial charge in [0.15, 0.2) is 24.0 Å². The van der Waals surface area contributed by atoms with Crippen molar-refractivity contribution in [2.45, 2.75) is 77.3 Å². The van der Waals surface area contributed by atoms with E-state index < -0.39 is 60.0 Å². The first-order valence-corrected chi connectivity index (χ1v) is 13.8. The first kappa shape index (κ1) is 36.0. The molecule has 4 rings (SSSR count). The van der Waals surface area contributed by atoms with Crippen molar-refractivity contribution in [1.29, 1.82) is 0 Å².